The number of benzene rings is 4. The van der Waals surface area contributed by atoms with Crippen LogP contribution < -0.4 is 0 Å². The molecule has 0 bridgehead atoms. The van der Waals surface area contributed by atoms with Crippen LogP contribution in [0.25, 0.3) is 17.0 Å². The second-order valence-corrected chi connectivity index (χ2v) is 9.33. The van der Waals surface area contributed by atoms with Crippen LogP contribution in [0, 0.1) is 5.82 Å². The first kappa shape index (κ1) is 21.7. The molecule has 0 radical (unpaired) electrons. The molecule has 4 heteroatoms. The van der Waals surface area contributed by atoms with Gasteiger partial charge in [0.25, 0.3) is 0 Å². The summed E-state index contributed by atoms with van der Waals surface area (Å²) in [7, 11) is 0. The lowest BCUT2D eigenvalue weighted by molar-refractivity contribution is 0.297. The third-order valence-corrected chi connectivity index (χ3v) is 7.08. The SMILES string of the molecule is Fc1ccc(Cn2c3c(c4ccccc42)C=CN(Cc2ccccc2)C3c2ccccc2Cl)cc1. The fourth-order valence-electron chi connectivity index (χ4n) is 5.14. The normalized spacial score (nSPS) is 14.9. The van der Waals surface area contributed by atoms with Crippen LogP contribution >= 0.6 is 11.6 Å². The fourth-order valence-corrected chi connectivity index (χ4v) is 5.38. The molecule has 1 unspecified atom stereocenters. The van der Waals surface area contributed by atoms with Crippen molar-refractivity contribution in [2.24, 2.45) is 0 Å². The molecular formula is C31H24ClFN2. The van der Waals surface area contributed by atoms with Crippen LogP contribution in [0.3, 0.4) is 0 Å². The first-order valence-corrected chi connectivity index (χ1v) is 12.1. The van der Waals surface area contributed by atoms with Crippen molar-refractivity contribution in [2.45, 2.75) is 19.1 Å². The summed E-state index contributed by atoms with van der Waals surface area (Å²) in [6, 6.07) is 33.8. The first-order chi connectivity index (χ1) is 17.2. The van der Waals surface area contributed by atoms with E-state index >= 15 is 0 Å². The Morgan fingerprint density at radius 2 is 1.40 bits per heavy atom. The van der Waals surface area contributed by atoms with Gasteiger partial charge in [0.15, 0.2) is 0 Å². The van der Waals surface area contributed by atoms with Crippen molar-refractivity contribution in [3.63, 3.8) is 0 Å². The predicted molar refractivity (Wildman–Crippen MR) is 142 cm³/mol. The van der Waals surface area contributed by atoms with Crippen molar-refractivity contribution in [3.05, 3.63) is 148 Å². The van der Waals surface area contributed by atoms with E-state index in [-0.39, 0.29) is 11.9 Å². The van der Waals surface area contributed by atoms with E-state index in [0.29, 0.717) is 6.54 Å². The smallest absolute Gasteiger partial charge is 0.123 e. The Kier molecular flexibility index (Phi) is 5.63. The minimum atomic E-state index is -0.223. The van der Waals surface area contributed by atoms with Crippen molar-refractivity contribution < 1.29 is 4.39 Å². The zero-order valence-corrected chi connectivity index (χ0v) is 19.9. The highest BCUT2D eigenvalue weighted by Crippen LogP contribution is 2.43. The molecule has 0 spiro atoms. The summed E-state index contributed by atoms with van der Waals surface area (Å²) in [5.74, 6) is -0.223. The molecule has 0 N–H and O–H groups in total. The average molecular weight is 479 g/mol. The van der Waals surface area contributed by atoms with Crippen molar-refractivity contribution in [1.82, 2.24) is 9.47 Å². The molecule has 0 aliphatic carbocycles. The van der Waals surface area contributed by atoms with Gasteiger partial charge >= 0.3 is 0 Å². The zero-order chi connectivity index (χ0) is 23.8. The minimum Gasteiger partial charge on any atom is -0.361 e. The van der Waals surface area contributed by atoms with E-state index in [4.69, 9.17) is 11.6 Å². The average Bonchev–Trinajstić information content (AvgIpc) is 3.20. The maximum absolute atomic E-state index is 13.6. The van der Waals surface area contributed by atoms with Gasteiger partial charge < -0.3 is 9.47 Å². The highest BCUT2D eigenvalue weighted by atomic mass is 35.5. The Morgan fingerprint density at radius 3 is 2.20 bits per heavy atom. The third-order valence-electron chi connectivity index (χ3n) is 6.74. The molecule has 2 heterocycles. The summed E-state index contributed by atoms with van der Waals surface area (Å²) in [5, 5.41) is 1.95. The zero-order valence-electron chi connectivity index (χ0n) is 19.1. The molecular weight excluding hydrogens is 455 g/mol. The molecule has 1 aliphatic rings. The Labute approximate surface area is 209 Å². The van der Waals surface area contributed by atoms with Crippen molar-refractivity contribution in [2.75, 3.05) is 0 Å². The van der Waals surface area contributed by atoms with Gasteiger partial charge in [0.2, 0.25) is 0 Å². The number of fused-ring (bicyclic) bond motifs is 3. The topological polar surface area (TPSA) is 8.17 Å². The first-order valence-electron chi connectivity index (χ1n) is 11.8. The summed E-state index contributed by atoms with van der Waals surface area (Å²) in [5.41, 5.74) is 6.92. The van der Waals surface area contributed by atoms with E-state index in [0.717, 1.165) is 28.2 Å². The van der Waals surface area contributed by atoms with Gasteiger partial charge in [-0.25, -0.2) is 4.39 Å². The van der Waals surface area contributed by atoms with Gasteiger partial charge in [0.1, 0.15) is 5.82 Å². The van der Waals surface area contributed by atoms with Gasteiger partial charge in [0, 0.05) is 40.8 Å². The number of nitrogens with zero attached hydrogens (tertiary/aromatic N) is 2. The fraction of sp³-hybridized carbons (Fsp3) is 0.0968. The molecule has 0 fully saturated rings. The second-order valence-electron chi connectivity index (χ2n) is 8.93. The number of para-hydroxylation sites is 1. The molecule has 1 aliphatic heterocycles. The van der Waals surface area contributed by atoms with Crippen molar-refractivity contribution in [3.8, 4) is 0 Å². The standard InChI is InChI=1S/C31H24ClFN2/c32-28-12-6-4-11-27(28)30-31-26(18-19-34(30)20-22-8-2-1-3-9-22)25-10-5-7-13-29(25)35(31)21-23-14-16-24(33)17-15-23/h1-19,30H,20-21H2. The quantitative estimate of drug-likeness (QED) is 0.248. The van der Waals surface area contributed by atoms with Gasteiger partial charge in [-0.15, -0.1) is 0 Å². The number of aromatic nitrogens is 1. The van der Waals surface area contributed by atoms with Crippen LogP contribution in [-0.2, 0) is 13.1 Å². The molecule has 0 saturated carbocycles. The number of hydrogen-bond acceptors (Lipinski definition) is 1. The van der Waals surface area contributed by atoms with E-state index in [2.05, 4.69) is 76.3 Å². The molecule has 1 aromatic heterocycles. The Hall–Kier alpha value is -3.82. The summed E-state index contributed by atoms with van der Waals surface area (Å²) >= 11 is 6.82. The monoisotopic (exact) mass is 478 g/mol. The highest BCUT2D eigenvalue weighted by Gasteiger charge is 2.32. The lowest BCUT2D eigenvalue weighted by Crippen LogP contribution is -2.29. The largest absolute Gasteiger partial charge is 0.361 e. The van der Waals surface area contributed by atoms with E-state index in [1.165, 1.54) is 34.3 Å². The molecule has 172 valence electrons. The predicted octanol–water partition coefficient (Wildman–Crippen LogP) is 8.06. The summed E-state index contributed by atoms with van der Waals surface area (Å²) in [4.78, 5) is 2.36. The molecule has 0 saturated heterocycles. The van der Waals surface area contributed by atoms with Crippen LogP contribution in [0.15, 0.2) is 109 Å². The molecule has 4 aromatic carbocycles. The molecule has 5 aromatic rings. The maximum Gasteiger partial charge on any atom is 0.123 e. The van der Waals surface area contributed by atoms with Crippen LogP contribution in [0.1, 0.15) is 34.0 Å². The number of halogens is 2. The summed E-state index contributed by atoms with van der Waals surface area (Å²) < 4.78 is 16.0. The Morgan fingerprint density at radius 1 is 0.714 bits per heavy atom. The molecule has 0 amide bonds. The molecule has 35 heavy (non-hydrogen) atoms. The van der Waals surface area contributed by atoms with Crippen molar-refractivity contribution in [1.29, 1.82) is 0 Å². The third kappa shape index (κ3) is 4.02. The van der Waals surface area contributed by atoms with Gasteiger partial charge in [0.05, 0.1) is 11.7 Å². The molecule has 1 atom stereocenters. The second kappa shape index (κ2) is 9.09. The number of hydrogen-bond donors (Lipinski definition) is 0. The molecule has 6 rings (SSSR count). The lowest BCUT2D eigenvalue weighted by atomic mass is 9.94. The van der Waals surface area contributed by atoms with E-state index in [1.807, 2.05) is 36.4 Å². The van der Waals surface area contributed by atoms with Crippen molar-refractivity contribution >= 4 is 28.6 Å². The Bertz CT molecular complexity index is 1520. The van der Waals surface area contributed by atoms with Gasteiger partial charge in [-0.1, -0.05) is 90.5 Å². The van der Waals surface area contributed by atoms with Crippen LogP contribution in [-0.4, -0.2) is 9.47 Å². The van der Waals surface area contributed by atoms with Gasteiger partial charge in [-0.05, 0) is 47.0 Å². The minimum absolute atomic E-state index is 0.0724. The molecule has 2 nitrogen and oxygen atoms in total. The van der Waals surface area contributed by atoms with Crippen LogP contribution in [0.2, 0.25) is 5.02 Å². The summed E-state index contributed by atoms with van der Waals surface area (Å²) in [6.07, 6.45) is 4.41. The van der Waals surface area contributed by atoms with Crippen LogP contribution in [0.5, 0.6) is 0 Å². The van der Waals surface area contributed by atoms with Crippen LogP contribution in [0.4, 0.5) is 4.39 Å². The lowest BCUT2D eigenvalue weighted by Gasteiger charge is -2.36. The van der Waals surface area contributed by atoms with E-state index in [1.54, 1.807) is 0 Å². The van der Waals surface area contributed by atoms with E-state index in [9.17, 15) is 4.39 Å². The van der Waals surface area contributed by atoms with Gasteiger partial charge in [-0.3, -0.25) is 0 Å². The van der Waals surface area contributed by atoms with Gasteiger partial charge in [-0.2, -0.15) is 0 Å². The maximum atomic E-state index is 13.6. The summed E-state index contributed by atoms with van der Waals surface area (Å²) in [6.45, 7) is 1.40. The number of rotatable bonds is 5. The van der Waals surface area contributed by atoms with E-state index < -0.39 is 0 Å². The Balaban J connectivity index is 1.57. The highest BCUT2D eigenvalue weighted by molar-refractivity contribution is 6.31.